The topological polar surface area (TPSA) is 200 Å². The van der Waals surface area contributed by atoms with Crippen molar-refractivity contribution in [1.82, 2.24) is 16.0 Å². The molecule has 0 unspecified atom stereocenters. The quantitative estimate of drug-likeness (QED) is 0.134. The van der Waals surface area contributed by atoms with E-state index in [1.807, 2.05) is 0 Å². The third-order valence-corrected chi connectivity index (χ3v) is 5.10. The van der Waals surface area contributed by atoms with Gasteiger partial charge >= 0.3 is 0 Å². The van der Waals surface area contributed by atoms with E-state index in [0.29, 0.717) is 19.4 Å². The van der Waals surface area contributed by atoms with Crippen LogP contribution in [0.3, 0.4) is 0 Å². The lowest BCUT2D eigenvalue weighted by atomic mass is 10.1. The van der Waals surface area contributed by atoms with Crippen LogP contribution in [-0.4, -0.2) is 47.2 Å². The van der Waals surface area contributed by atoms with Crippen LogP contribution < -0.4 is 27.4 Å². The minimum Gasteiger partial charge on any atom is -0.398 e. The number of unbranched alkanes of at least 4 members (excludes halogenated alkanes) is 1. The second kappa shape index (κ2) is 12.8. The van der Waals surface area contributed by atoms with E-state index in [-0.39, 0.29) is 28.9 Å². The Kier molecular flexibility index (Phi) is 9.84. The number of non-ortho nitro benzene ring substituents is 1. The first-order chi connectivity index (χ1) is 16.6. The van der Waals surface area contributed by atoms with Gasteiger partial charge in [0.15, 0.2) is 0 Å². The largest absolute Gasteiger partial charge is 0.398 e. The first kappa shape index (κ1) is 26.9. The molecule has 0 aliphatic heterocycles. The minimum absolute atomic E-state index is 0.0369. The van der Waals surface area contributed by atoms with Gasteiger partial charge in [-0.2, -0.15) is 0 Å². The normalized spacial score (nSPS) is 12.2. The van der Waals surface area contributed by atoms with Crippen molar-refractivity contribution in [2.24, 2.45) is 5.73 Å². The minimum atomic E-state index is -1.11. The van der Waals surface area contributed by atoms with Crippen LogP contribution in [0.2, 0.25) is 0 Å². The number of nitrogens with two attached hydrogens (primary N) is 2. The number of carbonyl (C=O) groups excluding carboxylic acids is 4. The summed E-state index contributed by atoms with van der Waals surface area (Å²) in [6.07, 6.45) is 1.46. The van der Waals surface area contributed by atoms with Crippen LogP contribution in [0.25, 0.3) is 0 Å². The van der Waals surface area contributed by atoms with Gasteiger partial charge in [-0.25, -0.2) is 0 Å². The van der Waals surface area contributed by atoms with E-state index < -0.39 is 40.6 Å². The van der Waals surface area contributed by atoms with Crippen LogP contribution in [0.4, 0.5) is 11.4 Å². The molecular weight excluding hydrogens is 456 g/mol. The first-order valence-corrected chi connectivity index (χ1v) is 10.9. The molecule has 0 aliphatic rings. The first-order valence-electron chi connectivity index (χ1n) is 10.9. The van der Waals surface area contributed by atoms with Gasteiger partial charge in [0.25, 0.3) is 17.5 Å². The molecule has 2 aromatic carbocycles. The number of amides is 4. The summed E-state index contributed by atoms with van der Waals surface area (Å²) in [5.74, 6) is -2.73. The van der Waals surface area contributed by atoms with Crippen LogP contribution in [0.5, 0.6) is 0 Å². The molecule has 0 saturated carbocycles. The summed E-state index contributed by atoms with van der Waals surface area (Å²) in [5.41, 5.74) is 11.7. The van der Waals surface area contributed by atoms with Crippen molar-refractivity contribution in [3.05, 3.63) is 69.8 Å². The smallest absolute Gasteiger partial charge is 0.269 e. The lowest BCUT2D eigenvalue weighted by Gasteiger charge is -2.21. The zero-order valence-corrected chi connectivity index (χ0v) is 19.2. The highest BCUT2D eigenvalue weighted by atomic mass is 16.6. The molecule has 0 saturated heterocycles. The van der Waals surface area contributed by atoms with Crippen LogP contribution in [0, 0.1) is 10.1 Å². The Bertz CT molecular complexity index is 1090. The van der Waals surface area contributed by atoms with Crippen molar-refractivity contribution in [1.29, 1.82) is 0 Å². The number of nitrogen functional groups attached to an aromatic ring is 1. The fourth-order valence-corrected chi connectivity index (χ4v) is 3.11. The SMILES string of the molecule is C[C@H](NC(=O)[C@H](CCCCN)NC(=O)c1ccccc1N)C(=O)NC(=O)c1ccc([N+](=O)[O-])cc1. The monoisotopic (exact) mass is 484 g/mol. The molecule has 2 aromatic rings. The second-order valence-electron chi connectivity index (χ2n) is 7.75. The van der Waals surface area contributed by atoms with Gasteiger partial charge < -0.3 is 22.1 Å². The standard InChI is InChI=1S/C23H28N6O6/c1-14(20(30)28-21(31)15-9-11-16(12-10-15)29(34)35)26-23(33)19(8-4-5-13-24)27-22(32)17-6-2-3-7-18(17)25/h2-3,6-7,9-12,14,19H,4-5,8,13,24-25H2,1H3,(H,26,33)(H,27,32)(H,28,30,31)/t14-,19-/m0/s1. The number of nitro benzene ring substituents is 1. The summed E-state index contributed by atoms with van der Waals surface area (Å²) in [4.78, 5) is 60.3. The van der Waals surface area contributed by atoms with Crippen molar-refractivity contribution in [2.75, 3.05) is 12.3 Å². The van der Waals surface area contributed by atoms with Crippen LogP contribution in [0.1, 0.15) is 46.9 Å². The van der Waals surface area contributed by atoms with E-state index in [4.69, 9.17) is 11.5 Å². The third-order valence-electron chi connectivity index (χ3n) is 5.10. The second-order valence-corrected chi connectivity index (χ2v) is 7.75. The number of nitrogens with one attached hydrogen (secondary N) is 3. The molecule has 12 nitrogen and oxygen atoms in total. The van der Waals surface area contributed by atoms with E-state index >= 15 is 0 Å². The number of hydrogen-bond donors (Lipinski definition) is 5. The predicted molar refractivity (Wildman–Crippen MR) is 128 cm³/mol. The van der Waals surface area contributed by atoms with Gasteiger partial charge in [0.05, 0.1) is 10.5 Å². The molecule has 0 fully saturated rings. The van der Waals surface area contributed by atoms with Crippen molar-refractivity contribution >= 4 is 35.0 Å². The number of para-hydroxylation sites is 1. The van der Waals surface area contributed by atoms with Gasteiger partial charge in [-0.05, 0) is 57.0 Å². The fraction of sp³-hybridized carbons (Fsp3) is 0.304. The summed E-state index contributed by atoms with van der Waals surface area (Å²) >= 11 is 0. The molecule has 2 atom stereocenters. The maximum absolute atomic E-state index is 12.8. The molecule has 4 amide bonds. The molecule has 0 aromatic heterocycles. The Morgan fingerprint density at radius 1 is 0.943 bits per heavy atom. The summed E-state index contributed by atoms with van der Waals surface area (Å²) in [5, 5.41) is 18.0. The Morgan fingerprint density at radius 2 is 1.60 bits per heavy atom. The van der Waals surface area contributed by atoms with Crippen LogP contribution in [-0.2, 0) is 9.59 Å². The number of imide groups is 1. The lowest BCUT2D eigenvalue weighted by molar-refractivity contribution is -0.384. The zero-order valence-electron chi connectivity index (χ0n) is 19.2. The molecule has 7 N–H and O–H groups in total. The average Bonchev–Trinajstić information content (AvgIpc) is 2.83. The predicted octanol–water partition coefficient (Wildman–Crippen LogP) is 0.866. The van der Waals surface area contributed by atoms with Gasteiger partial charge in [-0.15, -0.1) is 0 Å². The van der Waals surface area contributed by atoms with E-state index in [9.17, 15) is 29.3 Å². The number of benzene rings is 2. The molecular formula is C23H28N6O6. The molecule has 2 rings (SSSR count). The highest BCUT2D eigenvalue weighted by molar-refractivity contribution is 6.07. The zero-order chi connectivity index (χ0) is 26.0. The molecule has 12 heteroatoms. The Hall–Kier alpha value is -4.32. The number of nitrogens with zero attached hydrogens (tertiary/aromatic N) is 1. The van der Waals surface area contributed by atoms with E-state index in [1.54, 1.807) is 18.2 Å². The fourth-order valence-electron chi connectivity index (χ4n) is 3.11. The average molecular weight is 485 g/mol. The number of hydrogen-bond acceptors (Lipinski definition) is 8. The summed E-state index contributed by atoms with van der Waals surface area (Å²) < 4.78 is 0. The molecule has 0 aliphatic carbocycles. The van der Waals surface area contributed by atoms with E-state index in [0.717, 1.165) is 12.1 Å². The summed E-state index contributed by atoms with van der Waals surface area (Å²) in [7, 11) is 0. The molecule has 0 bridgehead atoms. The van der Waals surface area contributed by atoms with Gasteiger partial charge in [0.1, 0.15) is 12.1 Å². The summed E-state index contributed by atoms with van der Waals surface area (Å²) in [6.45, 7) is 1.79. The van der Waals surface area contributed by atoms with Gasteiger partial charge in [0, 0.05) is 23.4 Å². The van der Waals surface area contributed by atoms with Crippen molar-refractivity contribution in [3.63, 3.8) is 0 Å². The van der Waals surface area contributed by atoms with Crippen LogP contribution in [0.15, 0.2) is 48.5 Å². The number of rotatable bonds is 11. The highest BCUT2D eigenvalue weighted by Gasteiger charge is 2.26. The maximum atomic E-state index is 12.8. The van der Waals surface area contributed by atoms with Gasteiger partial charge in [-0.3, -0.25) is 34.6 Å². The Morgan fingerprint density at radius 3 is 2.20 bits per heavy atom. The Labute approximate surface area is 201 Å². The third kappa shape index (κ3) is 7.89. The maximum Gasteiger partial charge on any atom is 0.269 e. The number of nitro groups is 1. The van der Waals surface area contributed by atoms with Gasteiger partial charge in [-0.1, -0.05) is 12.1 Å². The van der Waals surface area contributed by atoms with E-state index in [1.165, 1.54) is 25.1 Å². The van der Waals surface area contributed by atoms with Gasteiger partial charge in [0.2, 0.25) is 11.8 Å². The molecule has 0 heterocycles. The molecule has 0 spiro atoms. The lowest BCUT2D eigenvalue weighted by Crippen LogP contribution is -2.53. The number of carbonyl (C=O) groups is 4. The van der Waals surface area contributed by atoms with Crippen molar-refractivity contribution in [3.8, 4) is 0 Å². The number of anilines is 1. The molecule has 0 radical (unpaired) electrons. The van der Waals surface area contributed by atoms with Crippen molar-refractivity contribution in [2.45, 2.75) is 38.3 Å². The molecule has 186 valence electrons. The van der Waals surface area contributed by atoms with E-state index in [2.05, 4.69) is 16.0 Å². The molecule has 35 heavy (non-hydrogen) atoms. The van der Waals surface area contributed by atoms with Crippen LogP contribution >= 0.6 is 0 Å². The summed E-state index contributed by atoms with van der Waals surface area (Å²) in [6, 6.07) is 9.03. The Balaban J connectivity index is 2.01. The van der Waals surface area contributed by atoms with Crippen molar-refractivity contribution < 1.29 is 24.1 Å². The highest BCUT2D eigenvalue weighted by Crippen LogP contribution is 2.13.